The zero-order chi connectivity index (χ0) is 40.1. The van der Waals surface area contributed by atoms with Crippen LogP contribution in [-0.2, 0) is 33.7 Å². The number of hydrogen-bond donors (Lipinski definition) is 0. The Hall–Kier alpha value is -2.22. The molecule has 0 saturated heterocycles. The summed E-state index contributed by atoms with van der Waals surface area (Å²) in [6, 6.07) is 41.1. The van der Waals surface area contributed by atoms with Gasteiger partial charge >= 0.3 is 37.9 Å². The Labute approximate surface area is 350 Å². The van der Waals surface area contributed by atoms with Gasteiger partial charge in [-0.05, 0) is 70.6 Å². The molecule has 0 nitrogen and oxygen atoms in total. The molecule has 0 saturated carbocycles. The molecule has 0 spiro atoms. The Morgan fingerprint density at radius 3 is 1.17 bits per heavy atom. The van der Waals surface area contributed by atoms with E-state index in [1.807, 2.05) is 0 Å². The maximum atomic E-state index is 4.93. The SMILES string of the molecule is CCC(C)c1ccc(-c2cccc3[cH-]c(CC(C)(C)C)cc23)cc1.CCC(C)c1ccc(-c2cccc3[cH-]c(CC(C)(C)C)cc23)cc1.C[Si]C.[Cl][Zr+2][Cl]. The van der Waals surface area contributed by atoms with E-state index in [0.717, 1.165) is 22.4 Å². The standard InChI is InChI=1S/2C24H29.C2H6Si.2ClH.Zr/c2*1-6-17(2)19-10-12-20(13-11-19)22-9-7-8-21-14-18(15-23(21)22)16-24(3,4)5;1-3-2;;;/h2*7-15,17H,6,16H2,1-5H3;1-2H3;2*1H;/q2*-1;;;;+4/p-2. The molecular formula is C50H64Cl2SiZr. The predicted molar refractivity (Wildman–Crippen MR) is 243 cm³/mol. The van der Waals surface area contributed by atoms with Gasteiger partial charge < -0.3 is 0 Å². The Kier molecular flexibility index (Phi) is 18.7. The van der Waals surface area contributed by atoms with Crippen LogP contribution in [0.15, 0.2) is 109 Å². The first kappa shape index (κ1) is 46.2. The second-order valence-corrected chi connectivity index (χ2v) is 22.0. The first-order valence-corrected chi connectivity index (χ1v) is 28.0. The van der Waals surface area contributed by atoms with Gasteiger partial charge in [-0.25, -0.2) is 0 Å². The van der Waals surface area contributed by atoms with Gasteiger partial charge in [-0.3, -0.25) is 0 Å². The summed E-state index contributed by atoms with van der Waals surface area (Å²) in [4.78, 5) is 0. The summed E-state index contributed by atoms with van der Waals surface area (Å²) in [6.07, 6.45) is 4.62. The molecule has 6 aromatic rings. The average Bonchev–Trinajstić information content (AvgIpc) is 3.73. The molecule has 2 unspecified atom stereocenters. The summed E-state index contributed by atoms with van der Waals surface area (Å²) >= 11 is -0.826. The number of fused-ring (bicyclic) bond motifs is 2. The van der Waals surface area contributed by atoms with E-state index < -0.39 is 20.8 Å². The molecule has 2 radical (unpaired) electrons. The summed E-state index contributed by atoms with van der Waals surface area (Å²) in [7, 11) is 11.0. The van der Waals surface area contributed by atoms with E-state index >= 15 is 0 Å². The van der Waals surface area contributed by atoms with Crippen molar-refractivity contribution in [1.82, 2.24) is 0 Å². The molecule has 0 N–H and O–H groups in total. The third-order valence-electron chi connectivity index (χ3n) is 9.90. The van der Waals surface area contributed by atoms with Crippen molar-refractivity contribution >= 4 is 48.1 Å². The van der Waals surface area contributed by atoms with Crippen molar-refractivity contribution < 1.29 is 20.8 Å². The zero-order valence-electron chi connectivity index (χ0n) is 35.1. The van der Waals surface area contributed by atoms with E-state index in [2.05, 4.69) is 192 Å². The van der Waals surface area contributed by atoms with Gasteiger partial charge in [-0.15, -0.1) is 69.1 Å². The summed E-state index contributed by atoms with van der Waals surface area (Å²) < 4.78 is 0. The molecule has 0 aromatic heterocycles. The van der Waals surface area contributed by atoms with Crippen LogP contribution >= 0.6 is 17.0 Å². The number of benzene rings is 4. The molecule has 0 amide bonds. The van der Waals surface area contributed by atoms with E-state index in [1.165, 1.54) is 78.9 Å². The molecule has 0 bridgehead atoms. The molecule has 6 rings (SSSR count). The first-order chi connectivity index (χ1) is 25.6. The average molecular weight is 855 g/mol. The van der Waals surface area contributed by atoms with E-state index in [0.29, 0.717) is 22.7 Å². The summed E-state index contributed by atoms with van der Waals surface area (Å²) in [5, 5.41) is 5.48. The van der Waals surface area contributed by atoms with Crippen molar-refractivity contribution in [1.29, 1.82) is 0 Å². The molecule has 0 aliphatic heterocycles. The van der Waals surface area contributed by atoms with Gasteiger partial charge in [0.25, 0.3) is 0 Å². The fourth-order valence-electron chi connectivity index (χ4n) is 6.98. The monoisotopic (exact) mass is 852 g/mol. The van der Waals surface area contributed by atoms with E-state index in [1.54, 1.807) is 0 Å². The third kappa shape index (κ3) is 14.1. The molecule has 0 fully saturated rings. The van der Waals surface area contributed by atoms with E-state index in [9.17, 15) is 0 Å². The second-order valence-electron chi connectivity index (χ2n) is 17.3. The van der Waals surface area contributed by atoms with Crippen molar-refractivity contribution in [3.8, 4) is 22.3 Å². The van der Waals surface area contributed by atoms with Gasteiger partial charge in [0.05, 0.1) is 0 Å². The van der Waals surface area contributed by atoms with Crippen LogP contribution in [0, 0.1) is 10.8 Å². The molecule has 6 aromatic carbocycles. The summed E-state index contributed by atoms with van der Waals surface area (Å²) in [6.45, 7) is 27.2. The molecule has 4 heteroatoms. The normalized spacial score (nSPS) is 12.4. The van der Waals surface area contributed by atoms with Gasteiger partial charge in [-0.2, -0.15) is 12.1 Å². The van der Waals surface area contributed by atoms with Gasteiger partial charge in [0.1, 0.15) is 0 Å². The van der Waals surface area contributed by atoms with Crippen LogP contribution in [-0.4, -0.2) is 9.52 Å². The van der Waals surface area contributed by atoms with E-state index in [-0.39, 0.29) is 0 Å². The van der Waals surface area contributed by atoms with Crippen molar-refractivity contribution in [2.45, 2.75) is 120 Å². The van der Waals surface area contributed by atoms with Gasteiger partial charge in [0.2, 0.25) is 0 Å². The Balaban J connectivity index is 0.000000254. The number of rotatable bonds is 8. The van der Waals surface area contributed by atoms with Gasteiger partial charge in [0, 0.05) is 9.52 Å². The van der Waals surface area contributed by atoms with Crippen LogP contribution < -0.4 is 0 Å². The quantitative estimate of drug-likeness (QED) is 0.106. The predicted octanol–water partition coefficient (Wildman–Crippen LogP) is 16.8. The summed E-state index contributed by atoms with van der Waals surface area (Å²) in [5.74, 6) is 1.26. The Morgan fingerprint density at radius 2 is 0.889 bits per heavy atom. The topological polar surface area (TPSA) is 0 Å². The fourth-order valence-corrected chi connectivity index (χ4v) is 6.98. The van der Waals surface area contributed by atoms with Gasteiger partial charge in [0.15, 0.2) is 0 Å². The molecule has 54 heavy (non-hydrogen) atoms. The summed E-state index contributed by atoms with van der Waals surface area (Å²) in [5.41, 5.74) is 11.7. The molecular weight excluding hydrogens is 791 g/mol. The van der Waals surface area contributed by atoms with Crippen molar-refractivity contribution in [2.24, 2.45) is 10.8 Å². The van der Waals surface area contributed by atoms with Crippen LogP contribution in [0.2, 0.25) is 13.1 Å². The van der Waals surface area contributed by atoms with Crippen LogP contribution in [0.4, 0.5) is 0 Å². The molecule has 286 valence electrons. The molecule has 0 aliphatic rings. The van der Waals surface area contributed by atoms with Crippen LogP contribution in [0.3, 0.4) is 0 Å². The van der Waals surface area contributed by atoms with E-state index in [4.69, 9.17) is 17.0 Å². The maximum absolute atomic E-state index is 4.93. The van der Waals surface area contributed by atoms with Gasteiger partial charge in [-0.1, -0.05) is 154 Å². The zero-order valence-corrected chi connectivity index (χ0v) is 40.1. The van der Waals surface area contributed by atoms with Crippen molar-refractivity contribution in [2.75, 3.05) is 0 Å². The van der Waals surface area contributed by atoms with Crippen LogP contribution in [0.1, 0.15) is 116 Å². The minimum atomic E-state index is -0.826. The molecule has 0 heterocycles. The fraction of sp³-hybridized carbons (Fsp3) is 0.400. The second kappa shape index (κ2) is 21.9. The van der Waals surface area contributed by atoms with Crippen LogP contribution in [0.5, 0.6) is 0 Å². The van der Waals surface area contributed by atoms with Crippen molar-refractivity contribution in [3.05, 3.63) is 131 Å². The minimum absolute atomic E-state index is 0.322. The number of halogens is 2. The van der Waals surface area contributed by atoms with Crippen LogP contribution in [0.25, 0.3) is 43.8 Å². The molecule has 0 aliphatic carbocycles. The third-order valence-corrected chi connectivity index (χ3v) is 9.90. The van der Waals surface area contributed by atoms with Crippen molar-refractivity contribution in [3.63, 3.8) is 0 Å². The number of hydrogen-bond acceptors (Lipinski definition) is 0. The Morgan fingerprint density at radius 1 is 0.574 bits per heavy atom. The first-order valence-electron chi connectivity index (χ1n) is 19.7. The molecule has 2 atom stereocenters. The Bertz CT molecular complexity index is 1820.